The van der Waals surface area contributed by atoms with Gasteiger partial charge in [0.2, 0.25) is 0 Å². The topological polar surface area (TPSA) is 99.5 Å². The van der Waals surface area contributed by atoms with Gasteiger partial charge in [0.05, 0.1) is 0 Å². The fourth-order valence-corrected chi connectivity index (χ4v) is 7.97. The summed E-state index contributed by atoms with van der Waals surface area (Å²) in [6.07, 6.45) is 5.21. The quantitative estimate of drug-likeness (QED) is 0.0806. The van der Waals surface area contributed by atoms with Crippen molar-refractivity contribution in [2.24, 2.45) is 0 Å². The molecule has 2 heterocycles. The van der Waals surface area contributed by atoms with Crippen molar-refractivity contribution < 1.29 is 46.7 Å². The third kappa shape index (κ3) is 11.2. The van der Waals surface area contributed by atoms with Crippen LogP contribution in [0.2, 0.25) is 0 Å². The predicted molar refractivity (Wildman–Crippen MR) is 245 cm³/mol. The maximum Gasteiger partial charge on any atom is 0.491 e. The Balaban J connectivity index is 0.000000176. The van der Waals surface area contributed by atoms with Crippen molar-refractivity contribution in [1.82, 2.24) is 0 Å². The van der Waals surface area contributed by atoms with E-state index in [9.17, 15) is 27.2 Å². The number of carbonyl (C=O) groups is 2. The van der Waals surface area contributed by atoms with E-state index in [0.29, 0.717) is 49.7 Å². The van der Waals surface area contributed by atoms with Crippen LogP contribution in [0.1, 0.15) is 36.8 Å². The largest absolute Gasteiger partial charge is 0.491 e. The fraction of sp³-hybridized carbons (Fsp3) is 0.160. The van der Waals surface area contributed by atoms with Crippen molar-refractivity contribution in [3.63, 3.8) is 0 Å². The molecule has 0 aliphatic carbocycles. The first-order chi connectivity index (χ1) is 30.8. The molecule has 2 aliphatic rings. The third-order valence-corrected chi connectivity index (χ3v) is 11.3. The Labute approximate surface area is 378 Å². The van der Waals surface area contributed by atoms with E-state index < -0.39 is 47.7 Å². The summed E-state index contributed by atoms with van der Waals surface area (Å²) in [5.74, 6) is -2.99. The Hall–Kier alpha value is -6.48. The minimum Gasteiger partial charge on any atom is -0.437 e. The molecule has 6 aromatic rings. The van der Waals surface area contributed by atoms with Gasteiger partial charge in [0.25, 0.3) is 0 Å². The molecule has 64 heavy (non-hydrogen) atoms. The number of amides is 2. The average molecular weight is 936 g/mol. The van der Waals surface area contributed by atoms with Crippen molar-refractivity contribution in [3.05, 3.63) is 210 Å². The predicted octanol–water partition coefficient (Wildman–Crippen LogP) is 11.4. The van der Waals surface area contributed by atoms with Crippen molar-refractivity contribution in [2.75, 3.05) is 22.9 Å². The number of carbonyl (C=O) groups excluding carboxylic acids is 2. The second-order valence-corrected chi connectivity index (χ2v) is 15.9. The number of ether oxygens (including phenoxy) is 2. The number of benzene rings is 6. The number of rotatable bonds is 10. The Kier molecular flexibility index (Phi) is 15.6. The highest BCUT2D eigenvalue weighted by Crippen LogP contribution is 2.41. The number of cyclic esters (lactones) is 2. The molecule has 2 aliphatic heterocycles. The molecule has 6 aromatic carbocycles. The van der Waals surface area contributed by atoms with Crippen LogP contribution in [-0.2, 0) is 20.7 Å². The first-order valence-corrected chi connectivity index (χ1v) is 21.0. The summed E-state index contributed by atoms with van der Waals surface area (Å²) >= 11 is 3.44. The van der Waals surface area contributed by atoms with Crippen LogP contribution in [-0.4, -0.2) is 42.4 Å². The van der Waals surface area contributed by atoms with Gasteiger partial charge < -0.3 is 19.5 Å². The zero-order valence-electron chi connectivity index (χ0n) is 34.6. The SMILES string of the molecule is C=CCC1(c2ccccc2)CCN(c2cccc(-c3ccc(F)cc3F)c2)C(=O)O1.C=CCC1(c2ccccc2)CCN(c2cccc(Br)c2)C(=O)O1.OB(O)c1ccc(F)cc1F. The first kappa shape index (κ1) is 47.0. The van der Waals surface area contributed by atoms with Crippen LogP contribution in [0, 0.1) is 23.3 Å². The molecule has 328 valence electrons. The molecule has 2 amide bonds. The first-order valence-electron chi connectivity index (χ1n) is 20.2. The van der Waals surface area contributed by atoms with Gasteiger partial charge in [-0.2, -0.15) is 0 Å². The normalized spacial score (nSPS) is 18.0. The van der Waals surface area contributed by atoms with Gasteiger partial charge in [-0.05, 0) is 65.2 Å². The van der Waals surface area contributed by atoms with Crippen molar-refractivity contribution in [2.45, 2.75) is 36.9 Å². The second kappa shape index (κ2) is 21.3. The van der Waals surface area contributed by atoms with Crippen LogP contribution in [0.25, 0.3) is 11.1 Å². The van der Waals surface area contributed by atoms with Crippen LogP contribution in [0.5, 0.6) is 0 Å². The van der Waals surface area contributed by atoms with Gasteiger partial charge in [-0.25, -0.2) is 27.2 Å². The standard InChI is InChI=1S/C25H21F2NO2.C19H18BrNO2.C6H5BF2O2/c1-2-13-25(19-8-4-3-5-9-19)14-15-28(24(29)30-25)21-10-6-7-18(16-21)22-12-11-20(26)17-23(22)27;1-2-11-19(15-7-4-3-5-8-15)12-13-21(18(22)23-19)17-10-6-9-16(20)14-17;8-4-1-2-5(7(10)11)6(9)3-4/h2-12,16-17H,1,13-15H2;2-10,14H,1,11-13H2;1-3,10-11H. The average Bonchev–Trinajstić information content (AvgIpc) is 3.28. The fourth-order valence-electron chi connectivity index (χ4n) is 7.58. The van der Waals surface area contributed by atoms with Crippen LogP contribution >= 0.6 is 15.9 Å². The molecule has 0 saturated carbocycles. The van der Waals surface area contributed by atoms with E-state index in [1.165, 1.54) is 17.0 Å². The highest BCUT2D eigenvalue weighted by atomic mass is 79.9. The minimum absolute atomic E-state index is 0.272. The Bertz CT molecular complexity index is 2590. The van der Waals surface area contributed by atoms with Gasteiger partial charge in [-0.15, -0.1) is 13.2 Å². The molecule has 8 nitrogen and oxygen atoms in total. The van der Waals surface area contributed by atoms with Gasteiger partial charge in [0, 0.05) is 77.8 Å². The van der Waals surface area contributed by atoms with Crippen LogP contribution in [0.3, 0.4) is 0 Å². The number of hydrogen-bond acceptors (Lipinski definition) is 6. The van der Waals surface area contributed by atoms with Gasteiger partial charge in [-0.1, -0.05) is 113 Å². The lowest BCUT2D eigenvalue weighted by atomic mass is 9.80. The summed E-state index contributed by atoms with van der Waals surface area (Å²) in [7, 11) is -1.89. The maximum absolute atomic E-state index is 14.2. The summed E-state index contributed by atoms with van der Waals surface area (Å²) < 4.78 is 65.0. The zero-order chi connectivity index (χ0) is 45.9. The summed E-state index contributed by atoms with van der Waals surface area (Å²) in [4.78, 5) is 28.8. The molecule has 2 fully saturated rings. The molecule has 2 saturated heterocycles. The molecule has 2 N–H and O–H groups in total. The smallest absolute Gasteiger partial charge is 0.437 e. The van der Waals surface area contributed by atoms with Gasteiger partial charge in [0.1, 0.15) is 34.5 Å². The summed E-state index contributed by atoms with van der Waals surface area (Å²) in [5.41, 5.74) is 2.51. The summed E-state index contributed by atoms with van der Waals surface area (Å²) in [6.45, 7) is 8.70. The number of halogens is 5. The molecule has 0 bridgehead atoms. The van der Waals surface area contributed by atoms with E-state index in [2.05, 4.69) is 29.1 Å². The molecule has 14 heteroatoms. The summed E-state index contributed by atoms with van der Waals surface area (Å²) in [6, 6.07) is 40.2. The van der Waals surface area contributed by atoms with Crippen LogP contribution in [0.4, 0.5) is 38.5 Å². The van der Waals surface area contributed by atoms with Crippen LogP contribution < -0.4 is 15.3 Å². The third-order valence-electron chi connectivity index (χ3n) is 10.8. The monoisotopic (exact) mass is 934 g/mol. The second-order valence-electron chi connectivity index (χ2n) is 14.9. The van der Waals surface area contributed by atoms with Crippen molar-refractivity contribution in [3.8, 4) is 11.1 Å². The Morgan fingerprint density at radius 3 is 1.55 bits per heavy atom. The van der Waals surface area contributed by atoms with E-state index in [1.54, 1.807) is 35.2 Å². The van der Waals surface area contributed by atoms with E-state index >= 15 is 0 Å². The summed E-state index contributed by atoms with van der Waals surface area (Å²) in [5, 5.41) is 17.0. The van der Waals surface area contributed by atoms with Gasteiger partial charge >= 0.3 is 19.3 Å². The Morgan fingerprint density at radius 2 is 1.09 bits per heavy atom. The van der Waals surface area contributed by atoms with Crippen molar-refractivity contribution >= 4 is 52.1 Å². The molecule has 0 radical (unpaired) electrons. The molecule has 0 aromatic heterocycles. The van der Waals surface area contributed by atoms with Gasteiger partial charge in [0.15, 0.2) is 0 Å². The molecule has 2 atom stereocenters. The molecule has 8 rings (SSSR count). The zero-order valence-corrected chi connectivity index (χ0v) is 36.1. The maximum atomic E-state index is 14.2. The lowest BCUT2D eigenvalue weighted by Gasteiger charge is -2.41. The molecule has 0 spiro atoms. The lowest BCUT2D eigenvalue weighted by molar-refractivity contribution is -0.00744. The van der Waals surface area contributed by atoms with E-state index in [-0.39, 0.29) is 17.1 Å². The highest BCUT2D eigenvalue weighted by Gasteiger charge is 2.43. The number of nitrogens with zero attached hydrogens (tertiary/aromatic N) is 2. The van der Waals surface area contributed by atoms with Gasteiger partial charge in [-0.3, -0.25) is 9.80 Å². The van der Waals surface area contributed by atoms with E-state index in [4.69, 9.17) is 19.5 Å². The number of anilines is 2. The molecular weight excluding hydrogens is 891 g/mol. The molecule has 2 unspecified atom stereocenters. The van der Waals surface area contributed by atoms with E-state index in [1.807, 2.05) is 91.0 Å². The van der Waals surface area contributed by atoms with Crippen LogP contribution in [0.15, 0.2) is 175 Å². The Morgan fingerprint density at radius 1 is 0.609 bits per heavy atom. The lowest BCUT2D eigenvalue weighted by Crippen LogP contribution is -2.48. The molecular formula is C50H44BBrF4N2O6. The van der Waals surface area contributed by atoms with E-state index in [0.717, 1.165) is 45.9 Å². The van der Waals surface area contributed by atoms with Crippen molar-refractivity contribution in [1.29, 1.82) is 0 Å². The highest BCUT2D eigenvalue weighted by molar-refractivity contribution is 9.10. The number of hydrogen-bond donors (Lipinski definition) is 2. The minimum atomic E-state index is -1.89.